The first-order valence-corrected chi connectivity index (χ1v) is 8.28. The van der Waals surface area contributed by atoms with Gasteiger partial charge in [-0.05, 0) is 18.6 Å². The van der Waals surface area contributed by atoms with Crippen LogP contribution in [-0.2, 0) is 4.79 Å². The van der Waals surface area contributed by atoms with Crippen LogP contribution in [0.15, 0.2) is 30.0 Å². The monoisotopic (exact) mass is 338 g/mol. The predicted octanol–water partition coefficient (Wildman–Crippen LogP) is 2.04. The molecule has 0 radical (unpaired) electrons. The Labute approximate surface area is 147 Å². The molecule has 130 valence electrons. The number of hydrogen-bond donors (Lipinski definition) is 0. The van der Waals surface area contributed by atoms with Crippen molar-refractivity contribution in [2.75, 3.05) is 32.1 Å². The fraction of sp³-hybridized carbons (Fsp3) is 0.474. The minimum Gasteiger partial charge on any atom is -0.363 e. The number of likely N-dealkylation sites (tertiary alicyclic amines) is 1. The van der Waals surface area contributed by atoms with Crippen molar-refractivity contribution in [3.05, 3.63) is 35.5 Å². The van der Waals surface area contributed by atoms with Crippen LogP contribution in [0.2, 0.25) is 0 Å². The van der Waals surface area contributed by atoms with Gasteiger partial charge in [0.05, 0.1) is 11.1 Å². The fourth-order valence-corrected chi connectivity index (χ4v) is 3.85. The van der Waals surface area contributed by atoms with E-state index >= 15 is 0 Å². The smallest absolute Gasteiger partial charge is 0.255 e. The van der Waals surface area contributed by atoms with Crippen molar-refractivity contribution in [1.29, 1.82) is 5.26 Å². The summed E-state index contributed by atoms with van der Waals surface area (Å²) >= 11 is 0. The molecule has 1 aliphatic heterocycles. The van der Waals surface area contributed by atoms with E-state index in [1.54, 1.807) is 23.2 Å². The van der Waals surface area contributed by atoms with Crippen molar-refractivity contribution >= 4 is 17.5 Å². The molecule has 0 aromatic carbocycles. The third-order valence-corrected chi connectivity index (χ3v) is 4.98. The normalized spacial score (nSPS) is 20.5. The van der Waals surface area contributed by atoms with E-state index in [0.717, 1.165) is 5.82 Å². The summed E-state index contributed by atoms with van der Waals surface area (Å²) in [4.78, 5) is 32.8. The molecule has 1 fully saturated rings. The van der Waals surface area contributed by atoms with Crippen LogP contribution in [0.1, 0.15) is 30.6 Å². The maximum atomic E-state index is 12.6. The highest BCUT2D eigenvalue weighted by Crippen LogP contribution is 2.48. The Morgan fingerprint density at radius 3 is 2.52 bits per heavy atom. The average Bonchev–Trinajstić information content (AvgIpc) is 2.54. The summed E-state index contributed by atoms with van der Waals surface area (Å²) in [6.07, 6.45) is 4.02. The van der Waals surface area contributed by atoms with Gasteiger partial charge in [-0.2, -0.15) is 5.26 Å². The maximum Gasteiger partial charge on any atom is 0.255 e. The summed E-state index contributed by atoms with van der Waals surface area (Å²) < 4.78 is 0. The molecule has 0 atom stereocenters. The number of pyridine rings is 1. The topological polar surface area (TPSA) is 77.3 Å². The molecule has 1 saturated heterocycles. The fourth-order valence-electron chi connectivity index (χ4n) is 3.85. The van der Waals surface area contributed by atoms with Crippen molar-refractivity contribution in [2.24, 2.45) is 10.8 Å². The Kier molecular flexibility index (Phi) is 3.91. The zero-order valence-electron chi connectivity index (χ0n) is 15.0. The molecule has 2 aliphatic rings. The van der Waals surface area contributed by atoms with E-state index in [0.29, 0.717) is 25.1 Å². The molecule has 0 bridgehead atoms. The van der Waals surface area contributed by atoms with Crippen LogP contribution in [0.4, 0.5) is 5.82 Å². The Balaban J connectivity index is 1.75. The van der Waals surface area contributed by atoms with Crippen LogP contribution in [0.5, 0.6) is 0 Å². The van der Waals surface area contributed by atoms with Gasteiger partial charge in [0.1, 0.15) is 11.9 Å². The number of allylic oxidation sites excluding steroid dienone is 1. The van der Waals surface area contributed by atoms with E-state index in [-0.39, 0.29) is 22.7 Å². The zero-order valence-corrected chi connectivity index (χ0v) is 15.0. The molecule has 25 heavy (non-hydrogen) atoms. The summed E-state index contributed by atoms with van der Waals surface area (Å²) in [5.74, 6) is 0.629. The van der Waals surface area contributed by atoms with Gasteiger partial charge in [-0.25, -0.2) is 4.98 Å². The standard InChI is InChI=1S/C19H22N4O2/c1-18(2)10-19(7-14(8-20)16(18)24)11-23(12-19)17(25)13-5-6-15(21-9-13)22(3)4/h5-7,9H,10-12H2,1-4H3. The van der Waals surface area contributed by atoms with E-state index in [9.17, 15) is 14.9 Å². The second-order valence-electron chi connectivity index (χ2n) is 7.88. The van der Waals surface area contributed by atoms with E-state index in [1.807, 2.05) is 45.0 Å². The molecule has 6 heteroatoms. The lowest BCUT2D eigenvalue weighted by atomic mass is 9.61. The first-order valence-electron chi connectivity index (χ1n) is 8.28. The van der Waals surface area contributed by atoms with E-state index < -0.39 is 5.41 Å². The lowest BCUT2D eigenvalue weighted by Gasteiger charge is -2.53. The van der Waals surface area contributed by atoms with Crippen LogP contribution in [0.3, 0.4) is 0 Å². The van der Waals surface area contributed by atoms with Gasteiger partial charge in [-0.1, -0.05) is 19.9 Å². The largest absolute Gasteiger partial charge is 0.363 e. The number of amides is 1. The lowest BCUT2D eigenvalue weighted by Crippen LogP contribution is -2.60. The number of nitriles is 1. The van der Waals surface area contributed by atoms with E-state index in [2.05, 4.69) is 4.98 Å². The summed E-state index contributed by atoms with van der Waals surface area (Å²) in [6.45, 7) is 4.80. The minimum atomic E-state index is -0.566. The molecule has 0 saturated carbocycles. The van der Waals surface area contributed by atoms with Gasteiger partial charge in [-0.15, -0.1) is 0 Å². The first-order chi connectivity index (χ1) is 11.7. The Bertz CT molecular complexity index is 794. The number of nitrogens with zero attached hydrogens (tertiary/aromatic N) is 4. The molecule has 1 aromatic heterocycles. The van der Waals surface area contributed by atoms with Gasteiger partial charge in [0, 0.05) is 44.2 Å². The van der Waals surface area contributed by atoms with Gasteiger partial charge >= 0.3 is 0 Å². The van der Waals surface area contributed by atoms with Gasteiger partial charge in [0.15, 0.2) is 5.78 Å². The molecule has 3 rings (SSSR count). The van der Waals surface area contributed by atoms with Gasteiger partial charge in [0.25, 0.3) is 5.91 Å². The van der Waals surface area contributed by atoms with Crippen molar-refractivity contribution in [2.45, 2.75) is 20.3 Å². The summed E-state index contributed by atoms with van der Waals surface area (Å²) in [5.41, 5.74) is -0.0598. The van der Waals surface area contributed by atoms with Crippen LogP contribution in [0.25, 0.3) is 0 Å². The van der Waals surface area contributed by atoms with Gasteiger partial charge in [0.2, 0.25) is 0 Å². The molecule has 1 aliphatic carbocycles. The number of carbonyl (C=O) groups excluding carboxylic acids is 2. The van der Waals surface area contributed by atoms with E-state index in [4.69, 9.17) is 0 Å². The highest BCUT2D eigenvalue weighted by molar-refractivity contribution is 6.04. The molecular formula is C19H22N4O2. The Morgan fingerprint density at radius 2 is 2.00 bits per heavy atom. The first kappa shape index (κ1) is 17.2. The van der Waals surface area contributed by atoms with Crippen molar-refractivity contribution in [3.8, 4) is 6.07 Å². The summed E-state index contributed by atoms with van der Waals surface area (Å²) in [6, 6.07) is 5.62. The average molecular weight is 338 g/mol. The van der Waals surface area contributed by atoms with Gasteiger partial charge < -0.3 is 9.80 Å². The van der Waals surface area contributed by atoms with Crippen LogP contribution in [-0.4, -0.2) is 48.8 Å². The summed E-state index contributed by atoms with van der Waals surface area (Å²) in [7, 11) is 3.79. The number of aromatic nitrogens is 1. The molecule has 1 amide bonds. The lowest BCUT2D eigenvalue weighted by molar-refractivity contribution is -0.127. The molecule has 6 nitrogen and oxygen atoms in total. The highest BCUT2D eigenvalue weighted by Gasteiger charge is 2.52. The molecule has 2 heterocycles. The second kappa shape index (κ2) is 5.69. The Morgan fingerprint density at radius 1 is 1.32 bits per heavy atom. The van der Waals surface area contributed by atoms with Crippen LogP contribution < -0.4 is 4.90 Å². The molecule has 0 unspecified atom stereocenters. The number of Topliss-reactive ketones (excluding diaryl/α,β-unsaturated/α-hetero) is 1. The quantitative estimate of drug-likeness (QED) is 0.825. The molecular weight excluding hydrogens is 316 g/mol. The number of rotatable bonds is 2. The van der Waals surface area contributed by atoms with Crippen molar-refractivity contribution < 1.29 is 9.59 Å². The third-order valence-electron chi connectivity index (χ3n) is 4.98. The zero-order chi connectivity index (χ0) is 18.4. The van der Waals surface area contributed by atoms with Crippen molar-refractivity contribution in [3.63, 3.8) is 0 Å². The summed E-state index contributed by atoms with van der Waals surface area (Å²) in [5, 5.41) is 9.24. The Hall–Kier alpha value is -2.68. The van der Waals surface area contributed by atoms with Gasteiger partial charge in [-0.3, -0.25) is 9.59 Å². The molecule has 1 aromatic rings. The number of hydrogen-bond acceptors (Lipinski definition) is 5. The number of anilines is 1. The number of carbonyl (C=O) groups is 2. The number of ketones is 1. The van der Waals surface area contributed by atoms with E-state index in [1.165, 1.54) is 0 Å². The van der Waals surface area contributed by atoms with Crippen LogP contribution in [0, 0.1) is 22.2 Å². The predicted molar refractivity (Wildman–Crippen MR) is 94.0 cm³/mol. The highest BCUT2D eigenvalue weighted by atomic mass is 16.2. The van der Waals surface area contributed by atoms with Crippen molar-refractivity contribution in [1.82, 2.24) is 9.88 Å². The van der Waals surface area contributed by atoms with Crippen LogP contribution >= 0.6 is 0 Å². The SMILES string of the molecule is CN(C)c1ccc(C(=O)N2CC3(C=C(C#N)C(=O)C(C)(C)C3)C2)cn1. The minimum absolute atomic E-state index is 0.0648. The molecule has 1 spiro atoms. The third kappa shape index (κ3) is 2.91. The second-order valence-corrected chi connectivity index (χ2v) is 7.88. The molecule has 0 N–H and O–H groups in total. The maximum absolute atomic E-state index is 12.6.